The van der Waals surface area contributed by atoms with Crippen LogP contribution in [0.15, 0.2) is 47.8 Å². The van der Waals surface area contributed by atoms with Gasteiger partial charge in [0.25, 0.3) is 5.91 Å². The summed E-state index contributed by atoms with van der Waals surface area (Å²) >= 11 is 0. The van der Waals surface area contributed by atoms with Gasteiger partial charge in [-0.1, -0.05) is 19.4 Å². The van der Waals surface area contributed by atoms with Gasteiger partial charge in [0.2, 0.25) is 5.91 Å². The highest BCUT2D eigenvalue weighted by Gasteiger charge is 2.65. The summed E-state index contributed by atoms with van der Waals surface area (Å²) in [7, 11) is -10.0. The van der Waals surface area contributed by atoms with E-state index in [0.717, 1.165) is 9.80 Å². The first-order valence-corrected chi connectivity index (χ1v) is 14.1. The Labute approximate surface area is 226 Å². The molecule has 2 saturated heterocycles. The molecular formula is C24H27F5N6O4S. The number of aromatic nitrogens is 2. The van der Waals surface area contributed by atoms with Gasteiger partial charge < -0.3 is 15.2 Å². The van der Waals surface area contributed by atoms with E-state index in [-0.39, 0.29) is 42.5 Å². The van der Waals surface area contributed by atoms with Gasteiger partial charge in [-0.05, 0) is 44.0 Å². The number of benzene rings is 1. The third-order valence-electron chi connectivity index (χ3n) is 6.67. The Kier molecular flexibility index (Phi) is 7.23. The summed E-state index contributed by atoms with van der Waals surface area (Å²) in [6.07, 6.45) is 6.21. The number of halogens is 5. The molecule has 2 aliphatic rings. The van der Waals surface area contributed by atoms with Gasteiger partial charge in [-0.3, -0.25) is 29.4 Å². The number of hydrogen-bond donors (Lipinski definition) is 2. The van der Waals surface area contributed by atoms with Gasteiger partial charge in [-0.15, -0.1) is 0 Å². The number of nitriles is 1. The maximum atomic E-state index is 14.0. The molecule has 10 nitrogen and oxygen atoms in total. The molecule has 2 unspecified atom stereocenters. The number of likely N-dealkylation sites (tertiary alicyclic amines) is 1. The minimum Gasteiger partial charge on any atom is -0.388 e. The first-order chi connectivity index (χ1) is 18.5. The van der Waals surface area contributed by atoms with Crippen molar-refractivity contribution in [2.45, 2.75) is 54.8 Å². The van der Waals surface area contributed by atoms with Crippen LogP contribution in [0.4, 0.5) is 25.1 Å². The SMILES string of the molecule is C[C@@]1(O)CC(C(=O)N(c2ccc(S(F)(F)(F)(F)F)cc2)C(C(=O)NC2CCOCC2)c2cnccn2)N(C#N)C1. The molecule has 2 aromatic rings. The molecule has 0 radical (unpaired) electrons. The standard InChI is InChI=1S/C24H27F5N6O4S/c1-24(38)12-20(34(14-24)15-30)23(37)35(17-2-4-18(5-3-17)40(25,26,27,28)29)21(19-13-31-8-9-32-19)22(36)33-16-6-10-39-11-7-16/h2-5,8-9,13,16,20-21,38H,6-7,10-12,14H2,1H3,(H,33,36)/t20?,21?,24-/m1/s1. The van der Waals surface area contributed by atoms with Crippen molar-refractivity contribution in [1.82, 2.24) is 20.2 Å². The van der Waals surface area contributed by atoms with Crippen LogP contribution in [-0.4, -0.2) is 69.2 Å². The monoisotopic (exact) mass is 590 g/mol. The van der Waals surface area contributed by atoms with Gasteiger partial charge in [0, 0.05) is 43.8 Å². The van der Waals surface area contributed by atoms with Crippen molar-refractivity contribution in [3.63, 3.8) is 0 Å². The number of anilines is 1. The van der Waals surface area contributed by atoms with Gasteiger partial charge in [0.1, 0.15) is 10.9 Å². The Morgan fingerprint density at radius 1 is 1.20 bits per heavy atom. The van der Waals surface area contributed by atoms with Crippen molar-refractivity contribution in [3.8, 4) is 6.19 Å². The molecular weight excluding hydrogens is 563 g/mol. The summed E-state index contributed by atoms with van der Waals surface area (Å²) in [5.74, 6) is -1.69. The van der Waals surface area contributed by atoms with Crippen LogP contribution >= 0.6 is 10.2 Å². The van der Waals surface area contributed by atoms with Crippen LogP contribution in [0, 0.1) is 11.5 Å². The zero-order valence-corrected chi connectivity index (χ0v) is 22.0. The smallest absolute Gasteiger partial charge is 0.310 e. The minimum absolute atomic E-state index is 0.0644. The van der Waals surface area contributed by atoms with Crippen LogP contribution in [0.1, 0.15) is 37.9 Å². The van der Waals surface area contributed by atoms with Crippen LogP contribution in [0.25, 0.3) is 0 Å². The third kappa shape index (κ3) is 6.60. The quantitative estimate of drug-likeness (QED) is 0.368. The third-order valence-corrected chi connectivity index (χ3v) is 7.83. The molecule has 218 valence electrons. The first-order valence-electron chi connectivity index (χ1n) is 12.2. The number of amides is 2. The normalized spacial score (nSPS) is 24.4. The lowest BCUT2D eigenvalue weighted by atomic mass is 10.0. The maximum absolute atomic E-state index is 14.0. The zero-order chi connectivity index (χ0) is 29.4. The highest BCUT2D eigenvalue weighted by molar-refractivity contribution is 8.45. The molecule has 2 fully saturated rings. The van der Waals surface area contributed by atoms with Gasteiger partial charge in [0.15, 0.2) is 12.2 Å². The van der Waals surface area contributed by atoms with Crippen molar-refractivity contribution in [2.24, 2.45) is 0 Å². The summed E-state index contributed by atoms with van der Waals surface area (Å²) in [4.78, 5) is 35.4. The molecule has 2 N–H and O–H groups in total. The number of aliphatic hydroxyl groups is 1. The minimum atomic E-state index is -10.0. The van der Waals surface area contributed by atoms with E-state index in [1.54, 1.807) is 0 Å². The molecule has 3 atom stereocenters. The molecule has 2 amide bonds. The van der Waals surface area contributed by atoms with Crippen LogP contribution in [0.3, 0.4) is 0 Å². The molecule has 0 bridgehead atoms. The molecule has 0 saturated carbocycles. The van der Waals surface area contributed by atoms with Crippen molar-refractivity contribution < 1.29 is 38.9 Å². The largest absolute Gasteiger partial charge is 0.388 e. The van der Waals surface area contributed by atoms with E-state index in [2.05, 4.69) is 15.3 Å². The Bertz CT molecular complexity index is 1300. The van der Waals surface area contributed by atoms with Gasteiger partial charge in [-0.2, -0.15) is 5.26 Å². The molecule has 1 aromatic carbocycles. The number of hydrogen-bond acceptors (Lipinski definition) is 8. The molecule has 40 heavy (non-hydrogen) atoms. The number of β-amino-alcohol motifs (C(OH)–C–C–N with tert-alkyl or cyclic N) is 1. The summed E-state index contributed by atoms with van der Waals surface area (Å²) in [6, 6.07) is -1.70. The Balaban J connectivity index is 1.83. The Morgan fingerprint density at radius 2 is 1.85 bits per heavy atom. The molecule has 3 heterocycles. The molecule has 0 spiro atoms. The summed E-state index contributed by atoms with van der Waals surface area (Å²) in [5, 5.41) is 23.0. The number of nitrogens with one attached hydrogen (secondary N) is 1. The number of carbonyl (C=O) groups is 2. The Hall–Kier alpha value is -3.55. The van der Waals surface area contributed by atoms with Crippen molar-refractivity contribution in [1.29, 1.82) is 5.26 Å². The topological polar surface area (TPSA) is 132 Å². The van der Waals surface area contributed by atoms with Crippen molar-refractivity contribution >= 4 is 27.7 Å². The number of ether oxygens (including phenoxy) is 1. The first kappa shape index (κ1) is 29.4. The summed E-state index contributed by atoms with van der Waals surface area (Å²) in [6.45, 7) is 1.92. The Morgan fingerprint density at radius 3 is 2.40 bits per heavy atom. The average molecular weight is 591 g/mol. The van der Waals surface area contributed by atoms with Crippen LogP contribution in [0.5, 0.6) is 0 Å². The van der Waals surface area contributed by atoms with E-state index in [1.807, 2.05) is 6.19 Å². The lowest BCUT2D eigenvalue weighted by molar-refractivity contribution is -0.129. The molecule has 1 aromatic heterocycles. The van der Waals surface area contributed by atoms with E-state index in [9.17, 15) is 39.4 Å². The molecule has 0 aliphatic carbocycles. The number of rotatable bonds is 7. The fraction of sp³-hybridized carbons (Fsp3) is 0.458. The zero-order valence-electron chi connectivity index (χ0n) is 21.2. The average Bonchev–Trinajstić information content (AvgIpc) is 3.21. The van der Waals surface area contributed by atoms with E-state index < -0.39 is 44.6 Å². The van der Waals surface area contributed by atoms with Gasteiger partial charge in [0.05, 0.1) is 24.0 Å². The number of nitrogens with zero attached hydrogens (tertiary/aromatic N) is 5. The van der Waals surface area contributed by atoms with Crippen LogP contribution in [-0.2, 0) is 14.3 Å². The molecule has 4 rings (SSSR count). The fourth-order valence-electron chi connectivity index (χ4n) is 4.78. The second kappa shape index (κ2) is 9.82. The van der Waals surface area contributed by atoms with Gasteiger partial charge >= 0.3 is 10.2 Å². The van der Waals surface area contributed by atoms with E-state index in [0.29, 0.717) is 38.2 Å². The lowest BCUT2D eigenvalue weighted by Crippen LogP contribution is -2.52. The number of carbonyl (C=O) groups excluding carboxylic acids is 2. The maximum Gasteiger partial charge on any atom is 0.310 e. The second-order valence-corrected chi connectivity index (χ2v) is 12.5. The highest BCUT2D eigenvalue weighted by atomic mass is 32.5. The fourth-order valence-corrected chi connectivity index (χ4v) is 5.43. The van der Waals surface area contributed by atoms with Crippen molar-refractivity contribution in [2.75, 3.05) is 24.7 Å². The van der Waals surface area contributed by atoms with Crippen LogP contribution < -0.4 is 10.2 Å². The lowest BCUT2D eigenvalue weighted by Gasteiger charge is -2.41. The summed E-state index contributed by atoms with van der Waals surface area (Å²) < 4.78 is 72.5. The van der Waals surface area contributed by atoms with Gasteiger partial charge in [-0.25, -0.2) is 0 Å². The summed E-state index contributed by atoms with van der Waals surface area (Å²) in [5.41, 5.74) is -1.87. The van der Waals surface area contributed by atoms with Crippen LogP contribution in [0.2, 0.25) is 0 Å². The molecule has 2 aliphatic heterocycles. The predicted molar refractivity (Wildman–Crippen MR) is 133 cm³/mol. The second-order valence-electron chi connectivity index (χ2n) is 10.0. The van der Waals surface area contributed by atoms with E-state index >= 15 is 0 Å². The van der Waals surface area contributed by atoms with Crippen molar-refractivity contribution in [3.05, 3.63) is 48.5 Å². The predicted octanol–water partition coefficient (Wildman–Crippen LogP) is 3.81. The molecule has 16 heteroatoms. The van der Waals surface area contributed by atoms with E-state index in [4.69, 9.17) is 4.74 Å². The van der Waals surface area contributed by atoms with E-state index in [1.165, 1.54) is 25.5 Å². The highest BCUT2D eigenvalue weighted by Crippen LogP contribution is 3.02.